The van der Waals surface area contributed by atoms with Gasteiger partial charge in [0.25, 0.3) is 7.82 Å². The van der Waals surface area contributed by atoms with Crippen molar-refractivity contribution in [2.45, 2.75) is 135 Å². The summed E-state index contributed by atoms with van der Waals surface area (Å²) in [6.07, 6.45) is 40.9. The Hall–Kier alpha value is -2.85. The summed E-state index contributed by atoms with van der Waals surface area (Å²) >= 11 is 0. The third-order valence-corrected chi connectivity index (χ3v) is 8.96. The Bertz CT molecular complexity index is 1230. The Kier molecular flexibility index (Phi) is 33.7. The van der Waals surface area contributed by atoms with Gasteiger partial charge in [-0.05, 0) is 64.2 Å². The number of aliphatic hydroxyl groups is 1. The molecule has 0 amide bonds. The van der Waals surface area contributed by atoms with E-state index in [-0.39, 0.29) is 26.1 Å². The molecule has 0 bridgehead atoms. The van der Waals surface area contributed by atoms with E-state index in [1.54, 1.807) is 6.08 Å². The van der Waals surface area contributed by atoms with E-state index in [1.165, 1.54) is 12.8 Å². The van der Waals surface area contributed by atoms with E-state index in [9.17, 15) is 24.2 Å². The molecule has 0 aliphatic rings. The van der Waals surface area contributed by atoms with Crippen molar-refractivity contribution in [2.24, 2.45) is 0 Å². The average Bonchev–Trinajstić information content (AvgIpc) is 3.13. The number of ether oxygens (including phenoxy) is 2. The van der Waals surface area contributed by atoms with Crippen molar-refractivity contribution in [3.8, 4) is 0 Å². The summed E-state index contributed by atoms with van der Waals surface area (Å²) < 4.78 is 33.6. The Morgan fingerprint density at radius 1 is 0.691 bits per heavy atom. The van der Waals surface area contributed by atoms with Crippen LogP contribution in [0.3, 0.4) is 0 Å². The summed E-state index contributed by atoms with van der Waals surface area (Å²) in [5, 5.41) is 9.99. The molecule has 0 aromatic heterocycles. The molecule has 11 heteroatoms. The fraction of sp³-hybridized carbons (Fsp3) is 0.636. The number of carbonyl (C=O) groups excluding carboxylic acids is 2. The highest BCUT2D eigenvalue weighted by Crippen LogP contribution is 2.38. The molecule has 0 aliphatic heterocycles. The lowest BCUT2D eigenvalue weighted by atomic mass is 10.1. The molecule has 0 saturated carbocycles. The number of hydrogen-bond acceptors (Lipinski definition) is 9. The van der Waals surface area contributed by atoms with Crippen LogP contribution in [0, 0.1) is 0 Å². The van der Waals surface area contributed by atoms with Crippen LogP contribution in [0.25, 0.3) is 0 Å². The second-order valence-electron chi connectivity index (χ2n) is 14.5. The maximum Gasteiger partial charge on any atom is 0.306 e. The summed E-state index contributed by atoms with van der Waals surface area (Å²) in [4.78, 5) is 37.4. The number of aliphatic hydroxyl groups excluding tert-OH is 1. The van der Waals surface area contributed by atoms with Crippen LogP contribution in [-0.4, -0.2) is 81.2 Å². The minimum atomic E-state index is -4.65. The smallest absolute Gasteiger partial charge is 0.306 e. The first kappa shape index (κ1) is 52.2. The van der Waals surface area contributed by atoms with Crippen LogP contribution in [0.2, 0.25) is 0 Å². The quantitative estimate of drug-likeness (QED) is 0.0167. The number of quaternary nitrogens is 1. The van der Waals surface area contributed by atoms with Gasteiger partial charge in [0, 0.05) is 12.8 Å². The predicted octanol–water partition coefficient (Wildman–Crippen LogP) is 9.58. The molecule has 0 saturated heterocycles. The van der Waals surface area contributed by atoms with Crippen molar-refractivity contribution in [1.82, 2.24) is 0 Å². The number of likely N-dealkylation sites (N-methyl/N-ethyl adjacent to an activating group) is 1. The molecule has 0 heterocycles. The highest BCUT2D eigenvalue weighted by atomic mass is 31.2. The molecule has 2 unspecified atom stereocenters. The SMILES string of the molecule is CC/C=C\C/C=C\CC(O)/C=C/C=C\C/C=C\C/C=C\CCC(=O)OC[C@H](COP(=O)([O-])OCC[N+](C)(C)C)OC(=O)CCCCCCC/C=C\CCCC. The molecule has 0 aromatic rings. The van der Waals surface area contributed by atoms with Gasteiger partial charge in [-0.3, -0.25) is 14.2 Å². The Morgan fingerprint density at radius 3 is 2.02 bits per heavy atom. The number of hydrogen-bond donors (Lipinski definition) is 1. The van der Waals surface area contributed by atoms with Gasteiger partial charge >= 0.3 is 11.9 Å². The van der Waals surface area contributed by atoms with Crippen LogP contribution >= 0.6 is 7.82 Å². The number of phosphoric ester groups is 1. The first-order chi connectivity index (χ1) is 26.4. The van der Waals surface area contributed by atoms with Gasteiger partial charge in [-0.25, -0.2) is 0 Å². The highest BCUT2D eigenvalue weighted by molar-refractivity contribution is 7.45. The van der Waals surface area contributed by atoms with E-state index >= 15 is 0 Å². The Labute approximate surface area is 333 Å². The van der Waals surface area contributed by atoms with Gasteiger partial charge in [0.05, 0.1) is 33.9 Å². The molecule has 3 atom stereocenters. The predicted molar refractivity (Wildman–Crippen MR) is 223 cm³/mol. The molecule has 0 aliphatic carbocycles. The molecular weight excluding hydrogens is 717 g/mol. The van der Waals surface area contributed by atoms with Gasteiger partial charge in [-0.2, -0.15) is 0 Å². The van der Waals surface area contributed by atoms with E-state index < -0.39 is 38.6 Å². The lowest BCUT2D eigenvalue weighted by Gasteiger charge is -2.28. The first-order valence-corrected chi connectivity index (χ1v) is 21.9. The van der Waals surface area contributed by atoms with E-state index in [0.29, 0.717) is 30.3 Å². The highest BCUT2D eigenvalue weighted by Gasteiger charge is 2.21. The van der Waals surface area contributed by atoms with E-state index in [1.807, 2.05) is 69.8 Å². The molecule has 0 radical (unpaired) electrons. The van der Waals surface area contributed by atoms with Crippen LogP contribution in [-0.2, 0) is 32.7 Å². The number of esters is 2. The second-order valence-corrected chi connectivity index (χ2v) is 15.9. The summed E-state index contributed by atoms with van der Waals surface area (Å²) in [5.74, 6) is -0.985. The van der Waals surface area contributed by atoms with Crippen LogP contribution in [0.5, 0.6) is 0 Å². The zero-order valence-electron chi connectivity index (χ0n) is 34.7. The normalized spacial score (nSPS) is 15.1. The third kappa shape index (κ3) is 39.2. The molecule has 0 rings (SSSR count). The van der Waals surface area contributed by atoms with Crippen molar-refractivity contribution < 1.29 is 47.2 Å². The lowest BCUT2D eigenvalue weighted by Crippen LogP contribution is -2.37. The van der Waals surface area contributed by atoms with Gasteiger partial charge in [0.1, 0.15) is 19.8 Å². The number of unbranched alkanes of at least 4 members (excludes halogenated alkanes) is 7. The van der Waals surface area contributed by atoms with Crippen molar-refractivity contribution in [3.63, 3.8) is 0 Å². The minimum Gasteiger partial charge on any atom is -0.756 e. The van der Waals surface area contributed by atoms with Crippen molar-refractivity contribution in [2.75, 3.05) is 47.5 Å². The first-order valence-electron chi connectivity index (χ1n) is 20.4. The standard InChI is InChI=1S/C44H74NO9P/c1-6-8-10-12-14-15-16-21-24-28-32-36-44(48)54-42(40-53-55(49,50)52-38-37-45(3,4)5)39-51-43(47)35-31-27-23-20-18-17-19-22-26-30-34-41(46)33-29-25-13-11-9-7-2/h9,11-12,14,17-18,22-23,25-27,29-30,34,41-42,46H,6-8,10,13,15-16,19-21,24,28,31-33,35-40H2,1-5H3/b11-9-,14-12-,18-17-,26-22-,27-23-,29-25-,34-30+/t41?,42-/m1/s1. The third-order valence-electron chi connectivity index (χ3n) is 7.99. The minimum absolute atomic E-state index is 0.0565. The van der Waals surface area contributed by atoms with E-state index in [4.69, 9.17) is 18.5 Å². The van der Waals surface area contributed by atoms with Gasteiger partial charge in [-0.1, -0.05) is 131 Å². The zero-order valence-corrected chi connectivity index (χ0v) is 35.6. The molecule has 0 spiro atoms. The average molecular weight is 792 g/mol. The molecule has 1 N–H and O–H groups in total. The number of carbonyl (C=O) groups is 2. The van der Waals surface area contributed by atoms with Crippen molar-refractivity contribution in [3.05, 3.63) is 85.1 Å². The Balaban J connectivity index is 4.59. The van der Waals surface area contributed by atoms with Crippen LogP contribution < -0.4 is 4.89 Å². The maximum atomic E-state index is 12.6. The number of allylic oxidation sites excluding steroid dienone is 12. The molecule has 314 valence electrons. The van der Waals surface area contributed by atoms with Crippen LogP contribution in [0.4, 0.5) is 0 Å². The van der Waals surface area contributed by atoms with E-state index in [0.717, 1.165) is 64.2 Å². The van der Waals surface area contributed by atoms with Gasteiger partial charge in [-0.15, -0.1) is 0 Å². The molecule has 0 aromatic carbocycles. The monoisotopic (exact) mass is 792 g/mol. The summed E-state index contributed by atoms with van der Waals surface area (Å²) in [6.45, 7) is 3.85. The number of nitrogens with zero attached hydrogens (tertiary/aromatic N) is 1. The summed E-state index contributed by atoms with van der Waals surface area (Å²) in [5.41, 5.74) is 0. The van der Waals surface area contributed by atoms with Gasteiger partial charge in [0.2, 0.25) is 0 Å². The summed E-state index contributed by atoms with van der Waals surface area (Å²) in [7, 11) is 1.08. The molecule has 55 heavy (non-hydrogen) atoms. The number of rotatable bonds is 35. The lowest BCUT2D eigenvalue weighted by molar-refractivity contribution is -0.870. The molecule has 0 fully saturated rings. The van der Waals surface area contributed by atoms with Crippen molar-refractivity contribution >= 4 is 19.8 Å². The number of phosphoric acid groups is 1. The van der Waals surface area contributed by atoms with Gasteiger partial charge in [0.15, 0.2) is 6.10 Å². The second kappa shape index (κ2) is 35.6. The van der Waals surface area contributed by atoms with Crippen LogP contribution in [0.1, 0.15) is 123 Å². The Morgan fingerprint density at radius 2 is 1.31 bits per heavy atom. The topological polar surface area (TPSA) is 131 Å². The van der Waals surface area contributed by atoms with E-state index in [2.05, 4.69) is 44.2 Å². The van der Waals surface area contributed by atoms with Gasteiger partial charge < -0.3 is 33.0 Å². The van der Waals surface area contributed by atoms with Crippen LogP contribution in [0.15, 0.2) is 85.1 Å². The zero-order chi connectivity index (χ0) is 40.9. The van der Waals surface area contributed by atoms with Crippen molar-refractivity contribution in [1.29, 1.82) is 0 Å². The summed E-state index contributed by atoms with van der Waals surface area (Å²) in [6, 6.07) is 0. The fourth-order valence-electron chi connectivity index (χ4n) is 4.74. The fourth-order valence-corrected chi connectivity index (χ4v) is 5.47. The molecular formula is C44H74NO9P. The molecule has 10 nitrogen and oxygen atoms in total. The maximum absolute atomic E-state index is 12.6. The largest absolute Gasteiger partial charge is 0.756 e.